The Morgan fingerprint density at radius 2 is 1.88 bits per heavy atom. The lowest BCUT2D eigenvalue weighted by molar-refractivity contribution is 0.177. The van der Waals surface area contributed by atoms with Crippen molar-refractivity contribution in [3.8, 4) is 11.5 Å². The van der Waals surface area contributed by atoms with Crippen LogP contribution in [0.3, 0.4) is 0 Å². The average Bonchev–Trinajstić information content (AvgIpc) is 3.16. The Balaban J connectivity index is 1.27. The van der Waals surface area contributed by atoms with Crippen LogP contribution in [0.5, 0.6) is 11.5 Å². The monoisotopic (exact) mass is 360 g/mol. The van der Waals surface area contributed by atoms with Crippen molar-refractivity contribution in [1.82, 2.24) is 9.88 Å². The summed E-state index contributed by atoms with van der Waals surface area (Å²) >= 11 is 0. The van der Waals surface area contributed by atoms with Crippen LogP contribution in [-0.4, -0.2) is 40.7 Å². The van der Waals surface area contributed by atoms with Crippen molar-refractivity contribution in [2.75, 3.05) is 19.6 Å². The molecule has 1 aliphatic heterocycles. The molecule has 1 aliphatic carbocycles. The van der Waals surface area contributed by atoms with Gasteiger partial charge in [0.25, 0.3) is 0 Å². The summed E-state index contributed by atoms with van der Waals surface area (Å²) in [6, 6.07) is 7.58. The lowest BCUT2D eigenvalue weighted by Gasteiger charge is -2.20. The Morgan fingerprint density at radius 3 is 2.58 bits per heavy atom. The maximum Gasteiger partial charge on any atom is 0.200 e. The highest BCUT2D eigenvalue weighted by Gasteiger charge is 2.41. The first kappa shape index (κ1) is 17.2. The van der Waals surface area contributed by atoms with E-state index in [2.05, 4.69) is 9.88 Å². The van der Waals surface area contributed by atoms with Crippen molar-refractivity contribution < 1.29 is 18.6 Å². The van der Waals surface area contributed by atoms with Crippen LogP contribution >= 0.6 is 0 Å². The SMILES string of the molecule is Oc1ccc(CCN2CC3CC(Oc4cccc(F)c4F)CC3C2)nc1. The highest BCUT2D eigenvalue weighted by molar-refractivity contribution is 5.25. The highest BCUT2D eigenvalue weighted by Crippen LogP contribution is 2.40. The number of fused-ring (bicyclic) bond motifs is 1. The third kappa shape index (κ3) is 3.65. The Bertz CT molecular complexity index is 755. The summed E-state index contributed by atoms with van der Waals surface area (Å²) in [5.74, 6) is -0.466. The molecule has 1 saturated heterocycles. The van der Waals surface area contributed by atoms with E-state index in [1.807, 2.05) is 6.07 Å². The molecular formula is C20H22F2N2O2. The fraction of sp³-hybridized carbons (Fsp3) is 0.450. The van der Waals surface area contributed by atoms with E-state index in [-0.39, 0.29) is 17.6 Å². The molecule has 1 aromatic heterocycles. The summed E-state index contributed by atoms with van der Waals surface area (Å²) in [6.07, 6.45) is 4.06. The Morgan fingerprint density at radius 1 is 1.12 bits per heavy atom. The quantitative estimate of drug-likeness (QED) is 0.888. The number of aromatic nitrogens is 1. The fourth-order valence-corrected chi connectivity index (χ4v) is 4.21. The van der Waals surface area contributed by atoms with Gasteiger partial charge in [0.15, 0.2) is 11.6 Å². The van der Waals surface area contributed by atoms with Crippen LogP contribution < -0.4 is 4.74 Å². The second-order valence-corrected chi connectivity index (χ2v) is 7.30. The number of likely N-dealkylation sites (tertiary alicyclic amines) is 1. The molecule has 1 N–H and O–H groups in total. The first-order chi connectivity index (χ1) is 12.6. The normalized spacial score (nSPS) is 25.4. The first-order valence-corrected chi connectivity index (χ1v) is 9.05. The molecule has 0 radical (unpaired) electrons. The number of hydrogen-bond donors (Lipinski definition) is 1. The van der Waals surface area contributed by atoms with Gasteiger partial charge in [0.05, 0.1) is 12.3 Å². The smallest absolute Gasteiger partial charge is 0.200 e. The van der Waals surface area contributed by atoms with Crippen molar-refractivity contribution in [1.29, 1.82) is 0 Å². The predicted octanol–water partition coefficient (Wildman–Crippen LogP) is 3.40. The van der Waals surface area contributed by atoms with Crippen LogP contribution in [0.2, 0.25) is 0 Å². The van der Waals surface area contributed by atoms with E-state index >= 15 is 0 Å². The summed E-state index contributed by atoms with van der Waals surface area (Å²) in [4.78, 5) is 6.66. The topological polar surface area (TPSA) is 45.6 Å². The Kier molecular flexibility index (Phi) is 4.76. The molecule has 2 fully saturated rings. The first-order valence-electron chi connectivity index (χ1n) is 9.05. The van der Waals surface area contributed by atoms with Gasteiger partial charge in [0.2, 0.25) is 5.82 Å². The molecule has 4 rings (SSSR count). The molecule has 4 nitrogen and oxygen atoms in total. The van der Waals surface area contributed by atoms with Gasteiger partial charge in [0.1, 0.15) is 5.75 Å². The summed E-state index contributed by atoms with van der Waals surface area (Å²) in [6.45, 7) is 2.96. The van der Waals surface area contributed by atoms with Crippen LogP contribution in [0.4, 0.5) is 8.78 Å². The number of halogens is 2. The molecule has 1 saturated carbocycles. The summed E-state index contributed by atoms with van der Waals surface area (Å²) in [5, 5.41) is 9.28. The number of pyridine rings is 1. The molecule has 0 spiro atoms. The van der Waals surface area contributed by atoms with Gasteiger partial charge in [-0.25, -0.2) is 4.39 Å². The lowest BCUT2D eigenvalue weighted by Crippen LogP contribution is -2.26. The molecule has 2 atom stereocenters. The molecule has 1 aromatic carbocycles. The van der Waals surface area contributed by atoms with Crippen LogP contribution in [0, 0.1) is 23.5 Å². The number of rotatable bonds is 5. The largest absolute Gasteiger partial charge is 0.506 e. The van der Waals surface area contributed by atoms with E-state index in [9.17, 15) is 13.9 Å². The minimum atomic E-state index is -0.896. The van der Waals surface area contributed by atoms with Gasteiger partial charge in [-0.3, -0.25) is 4.98 Å². The van der Waals surface area contributed by atoms with Crippen LogP contribution in [0.15, 0.2) is 36.5 Å². The molecular weight excluding hydrogens is 338 g/mol. The lowest BCUT2D eigenvalue weighted by atomic mass is 10.0. The molecule has 2 unspecified atom stereocenters. The molecule has 2 heterocycles. The molecule has 2 aliphatic rings. The number of nitrogens with zero attached hydrogens (tertiary/aromatic N) is 2. The predicted molar refractivity (Wildman–Crippen MR) is 93.0 cm³/mol. The van der Waals surface area contributed by atoms with E-state index in [0.29, 0.717) is 11.8 Å². The minimum Gasteiger partial charge on any atom is -0.506 e. The van der Waals surface area contributed by atoms with E-state index in [1.165, 1.54) is 18.3 Å². The van der Waals surface area contributed by atoms with Crippen molar-refractivity contribution in [2.24, 2.45) is 11.8 Å². The van der Waals surface area contributed by atoms with Crippen molar-refractivity contribution in [3.63, 3.8) is 0 Å². The van der Waals surface area contributed by atoms with Gasteiger partial charge in [-0.15, -0.1) is 0 Å². The summed E-state index contributed by atoms with van der Waals surface area (Å²) < 4.78 is 32.8. The van der Waals surface area contributed by atoms with Gasteiger partial charge >= 0.3 is 0 Å². The molecule has 0 amide bonds. The standard InChI is InChI=1S/C20H22F2N2O2/c21-18-2-1-3-19(20(18)22)26-17-8-13-11-24(12-14(13)9-17)7-6-15-4-5-16(25)10-23-15/h1-5,10,13-14,17,25H,6-9,11-12H2. The van der Waals surface area contributed by atoms with Gasteiger partial charge < -0.3 is 14.7 Å². The second kappa shape index (κ2) is 7.19. The zero-order chi connectivity index (χ0) is 18.1. The maximum absolute atomic E-state index is 13.8. The second-order valence-electron chi connectivity index (χ2n) is 7.30. The maximum atomic E-state index is 13.8. The van der Waals surface area contributed by atoms with Crippen molar-refractivity contribution >= 4 is 0 Å². The van der Waals surface area contributed by atoms with Gasteiger partial charge in [0, 0.05) is 31.7 Å². The van der Waals surface area contributed by atoms with E-state index in [4.69, 9.17) is 4.74 Å². The number of aromatic hydroxyl groups is 1. The van der Waals surface area contributed by atoms with E-state index in [0.717, 1.165) is 50.7 Å². The molecule has 2 aromatic rings. The Hall–Kier alpha value is -2.21. The average molecular weight is 360 g/mol. The van der Waals surface area contributed by atoms with Crippen LogP contribution in [-0.2, 0) is 6.42 Å². The fourth-order valence-electron chi connectivity index (χ4n) is 4.21. The zero-order valence-corrected chi connectivity index (χ0v) is 14.4. The zero-order valence-electron chi connectivity index (χ0n) is 14.4. The highest BCUT2D eigenvalue weighted by atomic mass is 19.2. The van der Waals surface area contributed by atoms with Crippen LogP contribution in [0.1, 0.15) is 18.5 Å². The van der Waals surface area contributed by atoms with Crippen molar-refractivity contribution in [3.05, 3.63) is 53.9 Å². The van der Waals surface area contributed by atoms with E-state index in [1.54, 1.807) is 6.07 Å². The van der Waals surface area contributed by atoms with Gasteiger partial charge in [-0.1, -0.05) is 6.07 Å². The van der Waals surface area contributed by atoms with E-state index < -0.39 is 11.6 Å². The number of hydrogen-bond acceptors (Lipinski definition) is 4. The summed E-state index contributed by atoms with van der Waals surface area (Å²) in [5.41, 5.74) is 0.975. The minimum absolute atomic E-state index is 0.0187. The van der Waals surface area contributed by atoms with Crippen LogP contribution in [0.25, 0.3) is 0 Å². The molecule has 6 heteroatoms. The van der Waals surface area contributed by atoms with Gasteiger partial charge in [-0.2, -0.15) is 4.39 Å². The third-order valence-corrected chi connectivity index (χ3v) is 5.49. The van der Waals surface area contributed by atoms with Crippen molar-refractivity contribution in [2.45, 2.75) is 25.4 Å². The molecule has 138 valence electrons. The van der Waals surface area contributed by atoms with Gasteiger partial charge in [-0.05, 0) is 48.9 Å². The molecule has 26 heavy (non-hydrogen) atoms. The third-order valence-electron chi connectivity index (χ3n) is 5.49. The molecule has 0 bridgehead atoms. The Labute approximate surface area is 151 Å². The number of benzene rings is 1. The summed E-state index contributed by atoms with van der Waals surface area (Å²) in [7, 11) is 0. The number of ether oxygens (including phenoxy) is 1.